The van der Waals surface area contributed by atoms with Crippen LogP contribution in [0.25, 0.3) is 0 Å². The summed E-state index contributed by atoms with van der Waals surface area (Å²) in [6.45, 7) is -0.847. The maximum absolute atomic E-state index is 12.9. The van der Waals surface area contributed by atoms with Crippen LogP contribution in [0.3, 0.4) is 0 Å². The van der Waals surface area contributed by atoms with Crippen LogP contribution < -0.4 is 14.2 Å². The van der Waals surface area contributed by atoms with Gasteiger partial charge in [-0.15, -0.1) is 0 Å². The maximum Gasteiger partial charge on any atom is 0.344 e. The average molecular weight is 464 g/mol. The molecule has 0 spiro atoms. The van der Waals surface area contributed by atoms with E-state index >= 15 is 0 Å². The lowest BCUT2D eigenvalue weighted by molar-refractivity contribution is -0.154. The van der Waals surface area contributed by atoms with E-state index in [0.717, 1.165) is 11.3 Å². The fourth-order valence-electron chi connectivity index (χ4n) is 3.53. The van der Waals surface area contributed by atoms with Gasteiger partial charge in [-0.1, -0.05) is 12.1 Å². The first-order valence-electron chi connectivity index (χ1n) is 10.6. The van der Waals surface area contributed by atoms with Crippen molar-refractivity contribution in [2.45, 2.75) is 12.5 Å². The summed E-state index contributed by atoms with van der Waals surface area (Å²) in [5.41, 5.74) is 1.57. The number of benzene rings is 2. The minimum Gasteiger partial charge on any atom is -0.497 e. The third-order valence-corrected chi connectivity index (χ3v) is 5.23. The highest BCUT2D eigenvalue weighted by Gasteiger charge is 2.35. The number of para-hydroxylation sites is 2. The molecule has 176 valence electrons. The second kappa shape index (κ2) is 10.6. The highest BCUT2D eigenvalue weighted by molar-refractivity contribution is 6.03. The van der Waals surface area contributed by atoms with E-state index in [4.69, 9.17) is 23.4 Å². The zero-order valence-electron chi connectivity index (χ0n) is 18.8. The van der Waals surface area contributed by atoms with E-state index in [9.17, 15) is 9.59 Å². The number of rotatable bonds is 9. The number of ether oxygens (including phenoxy) is 4. The third kappa shape index (κ3) is 5.20. The van der Waals surface area contributed by atoms with Crippen molar-refractivity contribution in [1.82, 2.24) is 5.01 Å². The van der Waals surface area contributed by atoms with Gasteiger partial charge in [0.1, 0.15) is 17.6 Å². The number of carbonyl (C=O) groups excluding carboxylic acids is 2. The molecular weight excluding hydrogens is 440 g/mol. The van der Waals surface area contributed by atoms with Crippen molar-refractivity contribution in [2.24, 2.45) is 5.10 Å². The fraction of sp³-hybridized carbons (Fsp3) is 0.240. The highest BCUT2D eigenvalue weighted by atomic mass is 16.6. The van der Waals surface area contributed by atoms with Crippen LogP contribution in [0.2, 0.25) is 0 Å². The minimum atomic E-state index is -0.688. The number of methoxy groups -OCH3 is 2. The van der Waals surface area contributed by atoms with Crippen LogP contribution >= 0.6 is 0 Å². The number of hydrazone groups is 1. The second-order valence-electron chi connectivity index (χ2n) is 7.35. The number of hydrogen-bond donors (Lipinski definition) is 0. The van der Waals surface area contributed by atoms with Crippen molar-refractivity contribution in [2.75, 3.05) is 27.4 Å². The molecule has 9 nitrogen and oxygen atoms in total. The summed E-state index contributed by atoms with van der Waals surface area (Å²) in [5, 5.41) is 5.80. The van der Waals surface area contributed by atoms with Crippen LogP contribution in [0.1, 0.15) is 23.8 Å². The molecule has 4 rings (SSSR count). The van der Waals surface area contributed by atoms with Crippen LogP contribution in [0.5, 0.6) is 17.2 Å². The van der Waals surface area contributed by atoms with Crippen LogP contribution in [0.4, 0.5) is 0 Å². The van der Waals surface area contributed by atoms with Gasteiger partial charge in [0.05, 0.1) is 26.2 Å². The lowest BCUT2D eigenvalue weighted by Crippen LogP contribution is -2.32. The van der Waals surface area contributed by atoms with Gasteiger partial charge in [0.2, 0.25) is 0 Å². The van der Waals surface area contributed by atoms with Gasteiger partial charge in [-0.05, 0) is 54.1 Å². The lowest BCUT2D eigenvalue weighted by atomic mass is 10.0. The lowest BCUT2D eigenvalue weighted by Gasteiger charge is -2.19. The first-order valence-corrected chi connectivity index (χ1v) is 10.6. The van der Waals surface area contributed by atoms with Crippen molar-refractivity contribution in [3.63, 3.8) is 0 Å². The molecule has 0 aliphatic carbocycles. The number of amides is 1. The standard InChI is InChI=1S/C25H24N2O7/c1-30-18-11-9-17(10-12-18)19-14-20(21-8-5-13-32-21)27(26-19)24(28)15-34-25(29)16-33-23-7-4-3-6-22(23)31-2/h3-13,20H,14-16H2,1-2H3. The molecular formula is C25H24N2O7. The Labute approximate surface area is 196 Å². The van der Waals surface area contributed by atoms with Gasteiger partial charge in [0.25, 0.3) is 5.91 Å². The van der Waals surface area contributed by atoms with Crippen molar-refractivity contribution < 1.29 is 33.0 Å². The largest absolute Gasteiger partial charge is 0.497 e. The Morgan fingerprint density at radius 3 is 2.41 bits per heavy atom. The molecule has 1 atom stereocenters. The quantitative estimate of drug-likeness (QED) is 0.446. The Hall–Kier alpha value is -4.27. The summed E-state index contributed by atoms with van der Waals surface area (Å²) >= 11 is 0. The van der Waals surface area contributed by atoms with Gasteiger partial charge in [-0.2, -0.15) is 5.10 Å². The Morgan fingerprint density at radius 1 is 0.971 bits per heavy atom. The van der Waals surface area contributed by atoms with Crippen molar-refractivity contribution >= 4 is 17.6 Å². The predicted octanol–water partition coefficient (Wildman–Crippen LogP) is 3.60. The Bertz CT molecular complexity index is 1160. The molecule has 3 aromatic rings. The summed E-state index contributed by atoms with van der Waals surface area (Å²) in [4.78, 5) is 25.1. The Balaban J connectivity index is 1.40. The normalized spacial score (nSPS) is 14.9. The molecule has 9 heteroatoms. The van der Waals surface area contributed by atoms with Gasteiger partial charge < -0.3 is 23.4 Å². The zero-order valence-corrected chi connectivity index (χ0v) is 18.8. The number of hydrogen-bond acceptors (Lipinski definition) is 8. The molecule has 0 N–H and O–H groups in total. The molecule has 1 aromatic heterocycles. The number of carbonyl (C=O) groups is 2. The molecule has 0 saturated heterocycles. The fourth-order valence-corrected chi connectivity index (χ4v) is 3.53. The summed E-state index contributed by atoms with van der Waals surface area (Å²) in [7, 11) is 3.10. The van der Waals surface area contributed by atoms with Crippen LogP contribution in [-0.2, 0) is 14.3 Å². The van der Waals surface area contributed by atoms with Crippen molar-refractivity contribution in [1.29, 1.82) is 0 Å². The molecule has 0 radical (unpaired) electrons. The monoisotopic (exact) mass is 464 g/mol. The molecule has 34 heavy (non-hydrogen) atoms. The molecule has 0 saturated carbocycles. The summed E-state index contributed by atoms with van der Waals surface area (Å²) in [6, 6.07) is 17.4. The van der Waals surface area contributed by atoms with Gasteiger partial charge in [-0.25, -0.2) is 9.80 Å². The van der Waals surface area contributed by atoms with E-state index < -0.39 is 24.5 Å². The molecule has 2 aromatic carbocycles. The number of esters is 1. The molecule has 1 aliphatic rings. The SMILES string of the molecule is COc1ccc(C2=NN(C(=O)COC(=O)COc3ccccc3OC)C(c3ccco3)C2)cc1. The van der Waals surface area contributed by atoms with E-state index in [1.165, 1.54) is 12.1 Å². The summed E-state index contributed by atoms with van der Waals surface area (Å²) < 4.78 is 26.5. The van der Waals surface area contributed by atoms with Crippen molar-refractivity contribution in [3.05, 3.63) is 78.3 Å². The van der Waals surface area contributed by atoms with Gasteiger partial charge in [-0.3, -0.25) is 4.79 Å². The van der Waals surface area contributed by atoms with Gasteiger partial charge >= 0.3 is 5.97 Å². The molecule has 1 aliphatic heterocycles. The molecule has 1 amide bonds. The second-order valence-corrected chi connectivity index (χ2v) is 7.35. The number of furan rings is 1. The molecule has 0 bridgehead atoms. The zero-order chi connectivity index (χ0) is 23.9. The summed E-state index contributed by atoms with van der Waals surface area (Å²) in [5.74, 6) is 1.04. The average Bonchev–Trinajstić information content (AvgIpc) is 3.56. The van der Waals surface area contributed by atoms with E-state index in [1.54, 1.807) is 49.8 Å². The highest BCUT2D eigenvalue weighted by Crippen LogP contribution is 2.33. The van der Waals surface area contributed by atoms with Crippen molar-refractivity contribution in [3.8, 4) is 17.2 Å². The number of nitrogens with zero attached hydrogens (tertiary/aromatic N) is 2. The third-order valence-electron chi connectivity index (χ3n) is 5.23. The first-order chi connectivity index (χ1) is 16.6. The van der Waals surface area contributed by atoms with E-state index in [2.05, 4.69) is 5.10 Å². The van der Waals surface area contributed by atoms with Crippen LogP contribution in [0.15, 0.2) is 76.4 Å². The smallest absolute Gasteiger partial charge is 0.344 e. The van der Waals surface area contributed by atoms with E-state index in [1.807, 2.05) is 24.3 Å². The molecule has 0 fully saturated rings. The Kier molecular flexibility index (Phi) is 7.12. The summed E-state index contributed by atoms with van der Waals surface area (Å²) in [6.07, 6.45) is 2.00. The van der Waals surface area contributed by atoms with Crippen LogP contribution in [0, 0.1) is 0 Å². The maximum atomic E-state index is 12.9. The first kappa shape index (κ1) is 22.9. The van der Waals surface area contributed by atoms with Crippen LogP contribution in [-0.4, -0.2) is 50.0 Å². The Morgan fingerprint density at radius 2 is 1.74 bits per heavy atom. The van der Waals surface area contributed by atoms with E-state index in [-0.39, 0.29) is 6.61 Å². The predicted molar refractivity (Wildman–Crippen MR) is 122 cm³/mol. The molecule has 1 unspecified atom stereocenters. The topological polar surface area (TPSA) is 99.8 Å². The molecule has 2 heterocycles. The van der Waals surface area contributed by atoms with Gasteiger partial charge in [0.15, 0.2) is 24.7 Å². The van der Waals surface area contributed by atoms with E-state index in [0.29, 0.717) is 29.4 Å². The minimum absolute atomic E-state index is 0.365. The van der Waals surface area contributed by atoms with Gasteiger partial charge in [0, 0.05) is 6.42 Å².